The fourth-order valence-electron chi connectivity index (χ4n) is 4.37. The van der Waals surface area contributed by atoms with Gasteiger partial charge >= 0.3 is 10.9 Å². The number of nitrogens with two attached hydrogens (primary N) is 1. The Morgan fingerprint density at radius 2 is 1.86 bits per heavy atom. The molecule has 0 saturated carbocycles. The van der Waals surface area contributed by atoms with Crippen LogP contribution in [0, 0.1) is 12.8 Å². The lowest BCUT2D eigenvalue weighted by Crippen LogP contribution is -2.41. The molecule has 0 radical (unpaired) electrons. The van der Waals surface area contributed by atoms with Crippen molar-refractivity contribution in [2.24, 2.45) is 11.7 Å². The molecule has 10 nitrogen and oxygen atoms in total. The number of likely N-dealkylation sites (tertiary alicyclic amines) is 1. The number of nitrogens with zero attached hydrogens (tertiary/aromatic N) is 3. The second kappa shape index (κ2) is 8.78. The van der Waals surface area contributed by atoms with Crippen LogP contribution in [0.2, 0.25) is 0 Å². The molecule has 3 atom stereocenters. The van der Waals surface area contributed by atoms with E-state index in [1.165, 1.54) is 4.57 Å². The molecule has 5 amide bonds. The molecule has 0 bridgehead atoms. The van der Waals surface area contributed by atoms with Gasteiger partial charge in [-0.1, -0.05) is 46.9 Å². The van der Waals surface area contributed by atoms with Crippen LogP contribution >= 0.6 is 23.1 Å². The molecule has 1 fully saturated rings. The molecule has 2 aliphatic heterocycles. The number of thioether (sulfide) groups is 1. The number of carbonyl (C=O) groups excluding carboxylic acids is 4. The molecule has 0 unspecified atom stereocenters. The van der Waals surface area contributed by atoms with Gasteiger partial charge in [-0.25, -0.2) is 4.79 Å². The largest absolute Gasteiger partial charge is 0.351 e. The Labute approximate surface area is 207 Å². The van der Waals surface area contributed by atoms with Gasteiger partial charge in [-0.3, -0.25) is 28.7 Å². The van der Waals surface area contributed by atoms with Gasteiger partial charge in [-0.2, -0.15) is 4.90 Å². The number of amides is 5. The quantitative estimate of drug-likeness (QED) is 0.511. The molecule has 2 aromatic heterocycles. The summed E-state index contributed by atoms with van der Waals surface area (Å²) >= 11 is 1.92. The highest BCUT2D eigenvalue weighted by atomic mass is 32.2. The van der Waals surface area contributed by atoms with E-state index in [0.29, 0.717) is 26.1 Å². The zero-order valence-electron chi connectivity index (χ0n) is 18.3. The molecule has 3 N–H and O–H groups in total. The van der Waals surface area contributed by atoms with Gasteiger partial charge in [0.05, 0.1) is 10.9 Å². The van der Waals surface area contributed by atoms with E-state index in [4.69, 9.17) is 5.73 Å². The summed E-state index contributed by atoms with van der Waals surface area (Å²) in [4.78, 5) is 68.5. The minimum Gasteiger partial charge on any atom is -0.351 e. The van der Waals surface area contributed by atoms with Crippen LogP contribution in [0.25, 0.3) is 0 Å². The highest BCUT2D eigenvalue weighted by Gasteiger charge is 2.57. The normalized spacial score (nSPS) is 20.9. The number of urea groups is 1. The van der Waals surface area contributed by atoms with Crippen molar-refractivity contribution in [2.75, 3.05) is 5.32 Å². The van der Waals surface area contributed by atoms with Crippen molar-refractivity contribution in [1.29, 1.82) is 0 Å². The Kier molecular flexibility index (Phi) is 5.77. The van der Waals surface area contributed by atoms with Gasteiger partial charge in [0.15, 0.2) is 0 Å². The van der Waals surface area contributed by atoms with Crippen LogP contribution in [0.5, 0.6) is 0 Å². The van der Waals surface area contributed by atoms with Gasteiger partial charge in [-0.15, -0.1) is 0 Å². The van der Waals surface area contributed by atoms with E-state index in [-0.39, 0.29) is 11.4 Å². The van der Waals surface area contributed by atoms with E-state index in [2.05, 4.69) is 10.3 Å². The van der Waals surface area contributed by atoms with Crippen LogP contribution in [0.1, 0.15) is 21.9 Å². The molecule has 1 aromatic carbocycles. The third-order valence-electron chi connectivity index (χ3n) is 5.95. The van der Waals surface area contributed by atoms with Crippen molar-refractivity contribution in [3.63, 3.8) is 0 Å². The minimum absolute atomic E-state index is 0.273. The fourth-order valence-corrected chi connectivity index (χ4v) is 7.15. The third kappa shape index (κ3) is 3.94. The predicted molar refractivity (Wildman–Crippen MR) is 129 cm³/mol. The summed E-state index contributed by atoms with van der Waals surface area (Å²) in [7, 11) is 0. The van der Waals surface area contributed by atoms with E-state index in [0.717, 1.165) is 28.7 Å². The molecule has 3 aromatic rings. The van der Waals surface area contributed by atoms with E-state index in [1.807, 2.05) is 19.1 Å². The topological polar surface area (TPSA) is 144 Å². The number of imide groups is 3. The summed E-state index contributed by atoms with van der Waals surface area (Å²) in [6, 6.07) is 9.53. The molecule has 178 valence electrons. The first kappa shape index (κ1) is 23.0. The highest BCUT2D eigenvalue weighted by Crippen LogP contribution is 2.53. The zero-order chi connectivity index (χ0) is 24.9. The van der Waals surface area contributed by atoms with E-state index < -0.39 is 40.8 Å². The van der Waals surface area contributed by atoms with Crippen molar-refractivity contribution in [1.82, 2.24) is 14.5 Å². The Morgan fingerprint density at radius 1 is 1.11 bits per heavy atom. The van der Waals surface area contributed by atoms with Crippen molar-refractivity contribution < 1.29 is 19.2 Å². The van der Waals surface area contributed by atoms with Gasteiger partial charge in [0.2, 0.25) is 11.8 Å². The number of rotatable bonds is 4. The Hall–Kier alpha value is -3.77. The number of aromatic nitrogens is 2. The smallest absolute Gasteiger partial charge is 0.328 e. The van der Waals surface area contributed by atoms with Crippen LogP contribution in [0.15, 0.2) is 58.6 Å². The van der Waals surface area contributed by atoms with Crippen LogP contribution in [0.3, 0.4) is 0 Å². The Bertz CT molecular complexity index is 1420. The van der Waals surface area contributed by atoms with E-state index >= 15 is 0 Å². The standard InChI is InChI=1S/C23H19N5O5S2/c1-11-4-6-13(7-5-11)26-14(29)10-27-21-18(35-23(27)33)15(12-3-2-8-25-9-12)16-17(34-21)20(31)28(19(16)30)22(24)32/h2-9,15-17H,10H2,1H3,(H2,24,32)(H,26,29)/t15-,16+,17-/m0/s1. The summed E-state index contributed by atoms with van der Waals surface area (Å²) in [6.07, 6.45) is 3.13. The number of benzene rings is 1. The summed E-state index contributed by atoms with van der Waals surface area (Å²) < 4.78 is 1.30. The van der Waals surface area contributed by atoms with Crippen LogP contribution in [0.4, 0.5) is 10.5 Å². The molecule has 12 heteroatoms. The number of hydrogen-bond donors (Lipinski definition) is 2. The summed E-state index contributed by atoms with van der Waals surface area (Å²) in [6.45, 7) is 1.66. The maximum atomic E-state index is 13.1. The Morgan fingerprint density at radius 3 is 2.51 bits per heavy atom. The second-order valence-electron chi connectivity index (χ2n) is 8.22. The lowest BCUT2D eigenvalue weighted by molar-refractivity contribution is -0.135. The van der Waals surface area contributed by atoms with Gasteiger partial charge in [0.25, 0.3) is 5.91 Å². The highest BCUT2D eigenvalue weighted by molar-refractivity contribution is 8.00. The van der Waals surface area contributed by atoms with Crippen molar-refractivity contribution in [3.8, 4) is 0 Å². The van der Waals surface area contributed by atoms with Gasteiger partial charge < -0.3 is 11.1 Å². The average Bonchev–Trinajstić information content (AvgIpc) is 3.27. The van der Waals surface area contributed by atoms with Gasteiger partial charge in [-0.05, 0) is 30.7 Å². The van der Waals surface area contributed by atoms with E-state index in [9.17, 15) is 24.0 Å². The number of nitrogens with one attached hydrogen (secondary N) is 1. The number of pyridine rings is 1. The van der Waals surface area contributed by atoms with Crippen molar-refractivity contribution >= 4 is 52.5 Å². The minimum atomic E-state index is -1.14. The predicted octanol–water partition coefficient (Wildman–Crippen LogP) is 1.92. The number of thiazole rings is 1. The van der Waals surface area contributed by atoms with Crippen molar-refractivity contribution in [2.45, 2.75) is 29.7 Å². The number of hydrogen-bond acceptors (Lipinski definition) is 8. The lowest BCUT2D eigenvalue weighted by atomic mass is 9.84. The Balaban J connectivity index is 1.55. The van der Waals surface area contributed by atoms with Crippen LogP contribution in [-0.2, 0) is 20.9 Å². The summed E-state index contributed by atoms with van der Waals surface area (Å²) in [5.41, 5.74) is 7.57. The number of primary amides is 1. The SMILES string of the molecule is Cc1ccc(NC(=O)Cn2c3c(sc2=O)[C@@H](c2cccnc2)[C@H]2C(=O)N(C(N)=O)C(=O)[C@H]2S3)cc1. The molecule has 5 rings (SSSR count). The second-order valence-corrected chi connectivity index (χ2v) is 10.3. The molecular formula is C23H19N5O5S2. The van der Waals surface area contributed by atoms with Crippen LogP contribution in [-0.4, -0.2) is 43.5 Å². The number of fused-ring (bicyclic) bond motifs is 2. The molecule has 0 spiro atoms. The first-order valence-corrected chi connectivity index (χ1v) is 12.3. The number of carbonyl (C=O) groups is 4. The van der Waals surface area contributed by atoms with Crippen LogP contribution < -0.4 is 15.9 Å². The zero-order valence-corrected chi connectivity index (χ0v) is 20.0. The maximum Gasteiger partial charge on any atom is 0.328 e. The third-order valence-corrected chi connectivity index (χ3v) is 8.55. The summed E-state index contributed by atoms with van der Waals surface area (Å²) in [5, 5.41) is 2.22. The molecule has 4 heterocycles. The molecule has 0 aliphatic carbocycles. The first-order chi connectivity index (χ1) is 16.8. The molecule has 2 aliphatic rings. The van der Waals surface area contributed by atoms with Gasteiger partial charge in [0, 0.05) is 28.9 Å². The van der Waals surface area contributed by atoms with Crippen molar-refractivity contribution in [3.05, 3.63) is 74.5 Å². The monoisotopic (exact) mass is 509 g/mol. The molecular weight excluding hydrogens is 490 g/mol. The summed E-state index contributed by atoms with van der Waals surface area (Å²) in [5.74, 6) is -3.46. The van der Waals surface area contributed by atoms with Gasteiger partial charge in [0.1, 0.15) is 11.8 Å². The fraction of sp³-hybridized carbons (Fsp3) is 0.217. The molecule has 35 heavy (non-hydrogen) atoms. The lowest BCUT2D eigenvalue weighted by Gasteiger charge is -2.30. The number of anilines is 1. The first-order valence-electron chi connectivity index (χ1n) is 10.6. The molecule has 1 saturated heterocycles. The maximum absolute atomic E-state index is 13.1. The van der Waals surface area contributed by atoms with E-state index in [1.54, 1.807) is 36.7 Å². The number of aryl methyl sites for hydroxylation is 1. The average molecular weight is 510 g/mol.